The van der Waals surface area contributed by atoms with Crippen LogP contribution in [0.5, 0.6) is 0 Å². The molecule has 0 aromatic heterocycles. The molecule has 94 valence electrons. The van der Waals surface area contributed by atoms with Crippen LogP contribution in [0.15, 0.2) is 0 Å². The summed E-state index contributed by atoms with van der Waals surface area (Å²) in [5.74, 6) is 0.236. The fourth-order valence-corrected chi connectivity index (χ4v) is 3.69. The number of rotatable bonds is 1. The molecule has 0 atom stereocenters. The lowest BCUT2D eigenvalue weighted by atomic mass is 9.92. The summed E-state index contributed by atoms with van der Waals surface area (Å²) in [6.07, 6.45) is 8.34. The summed E-state index contributed by atoms with van der Waals surface area (Å²) < 4.78 is 0. The maximum Gasteiger partial charge on any atom is 0.249 e. The first-order chi connectivity index (χ1) is 8.21. The summed E-state index contributed by atoms with van der Waals surface area (Å²) in [5, 5.41) is 2.96. The van der Waals surface area contributed by atoms with Crippen LogP contribution in [0.4, 0.5) is 0 Å². The highest BCUT2D eigenvalue weighted by Crippen LogP contribution is 2.35. The highest BCUT2D eigenvalue weighted by Gasteiger charge is 2.49. The van der Waals surface area contributed by atoms with Crippen molar-refractivity contribution in [3.05, 3.63) is 0 Å². The second kappa shape index (κ2) is 4.00. The molecule has 2 saturated carbocycles. The van der Waals surface area contributed by atoms with Gasteiger partial charge in [0.25, 0.3) is 0 Å². The largest absolute Gasteiger partial charge is 0.340 e. The zero-order valence-corrected chi connectivity index (χ0v) is 10.2. The van der Waals surface area contributed by atoms with Crippen molar-refractivity contribution in [3.8, 4) is 0 Å². The molecule has 0 bridgehead atoms. The fourth-order valence-electron chi connectivity index (χ4n) is 3.69. The standard InChI is InChI=1S/C13H20N2O2/c16-11-9-15(10-5-1-2-6-10)12(17)13(14-11)7-3-4-8-13/h10H,1-9H2,(H,14,16). The second-order valence-electron chi connectivity index (χ2n) is 5.71. The summed E-state index contributed by atoms with van der Waals surface area (Å²) in [6, 6.07) is 0.325. The van der Waals surface area contributed by atoms with E-state index in [9.17, 15) is 9.59 Å². The molecule has 0 aromatic carbocycles. The van der Waals surface area contributed by atoms with Gasteiger partial charge < -0.3 is 10.2 Å². The number of carbonyl (C=O) groups excluding carboxylic acids is 2. The third kappa shape index (κ3) is 1.74. The van der Waals surface area contributed by atoms with Gasteiger partial charge in [0, 0.05) is 6.04 Å². The van der Waals surface area contributed by atoms with Gasteiger partial charge in [0.1, 0.15) is 5.54 Å². The van der Waals surface area contributed by atoms with E-state index < -0.39 is 5.54 Å². The first kappa shape index (κ1) is 11.1. The molecule has 1 heterocycles. The lowest BCUT2D eigenvalue weighted by molar-refractivity contribution is -0.152. The Bertz CT molecular complexity index is 341. The van der Waals surface area contributed by atoms with Gasteiger partial charge in [-0.3, -0.25) is 9.59 Å². The third-order valence-corrected chi connectivity index (χ3v) is 4.59. The van der Waals surface area contributed by atoms with Gasteiger partial charge in [-0.2, -0.15) is 0 Å². The molecule has 1 aliphatic heterocycles. The maximum atomic E-state index is 12.6. The quantitative estimate of drug-likeness (QED) is 0.743. The number of amides is 2. The van der Waals surface area contributed by atoms with Gasteiger partial charge in [0.15, 0.2) is 0 Å². The normalized spacial score (nSPS) is 29.1. The van der Waals surface area contributed by atoms with Gasteiger partial charge in [-0.25, -0.2) is 0 Å². The van der Waals surface area contributed by atoms with Gasteiger partial charge in [-0.1, -0.05) is 25.7 Å². The van der Waals surface area contributed by atoms with E-state index in [1.807, 2.05) is 4.90 Å². The van der Waals surface area contributed by atoms with E-state index in [0.29, 0.717) is 6.04 Å². The molecular weight excluding hydrogens is 216 g/mol. The molecule has 1 spiro atoms. The molecule has 3 fully saturated rings. The van der Waals surface area contributed by atoms with Gasteiger partial charge in [0.05, 0.1) is 6.54 Å². The average molecular weight is 236 g/mol. The third-order valence-electron chi connectivity index (χ3n) is 4.59. The summed E-state index contributed by atoms with van der Waals surface area (Å²) >= 11 is 0. The smallest absolute Gasteiger partial charge is 0.249 e. The van der Waals surface area contributed by atoms with Gasteiger partial charge >= 0.3 is 0 Å². The molecule has 2 aliphatic carbocycles. The number of hydrogen-bond acceptors (Lipinski definition) is 2. The Morgan fingerprint density at radius 2 is 1.71 bits per heavy atom. The van der Waals surface area contributed by atoms with Crippen LogP contribution in [0.3, 0.4) is 0 Å². The minimum Gasteiger partial charge on any atom is -0.340 e. The van der Waals surface area contributed by atoms with E-state index in [1.54, 1.807) is 0 Å². The number of hydrogen-bond donors (Lipinski definition) is 1. The van der Waals surface area contributed by atoms with Crippen LogP contribution in [0.25, 0.3) is 0 Å². The number of nitrogens with zero attached hydrogens (tertiary/aromatic N) is 1. The van der Waals surface area contributed by atoms with Crippen LogP contribution in [-0.4, -0.2) is 34.8 Å². The molecule has 4 nitrogen and oxygen atoms in total. The Labute approximate surface area is 102 Å². The molecule has 3 rings (SSSR count). The van der Waals surface area contributed by atoms with E-state index in [-0.39, 0.29) is 18.4 Å². The molecule has 17 heavy (non-hydrogen) atoms. The lowest BCUT2D eigenvalue weighted by Crippen LogP contribution is -2.67. The first-order valence-corrected chi connectivity index (χ1v) is 6.83. The predicted octanol–water partition coefficient (Wildman–Crippen LogP) is 1.20. The van der Waals surface area contributed by atoms with Crippen molar-refractivity contribution < 1.29 is 9.59 Å². The Morgan fingerprint density at radius 3 is 2.35 bits per heavy atom. The van der Waals surface area contributed by atoms with E-state index in [1.165, 1.54) is 12.8 Å². The number of piperazine rings is 1. The fraction of sp³-hybridized carbons (Fsp3) is 0.846. The van der Waals surface area contributed by atoms with Crippen LogP contribution < -0.4 is 5.32 Å². The zero-order chi connectivity index (χ0) is 11.9. The van der Waals surface area contributed by atoms with E-state index >= 15 is 0 Å². The van der Waals surface area contributed by atoms with Crippen LogP contribution in [-0.2, 0) is 9.59 Å². The van der Waals surface area contributed by atoms with Crippen molar-refractivity contribution >= 4 is 11.8 Å². The number of carbonyl (C=O) groups is 2. The van der Waals surface area contributed by atoms with Crippen molar-refractivity contribution in [2.24, 2.45) is 0 Å². The number of nitrogens with one attached hydrogen (secondary N) is 1. The summed E-state index contributed by atoms with van der Waals surface area (Å²) in [6.45, 7) is 0.283. The molecule has 1 N–H and O–H groups in total. The average Bonchev–Trinajstić information content (AvgIpc) is 2.95. The minimum absolute atomic E-state index is 0.0402. The van der Waals surface area contributed by atoms with Gasteiger partial charge in [-0.15, -0.1) is 0 Å². The molecule has 1 saturated heterocycles. The Kier molecular flexibility index (Phi) is 2.60. The van der Waals surface area contributed by atoms with Crippen molar-refractivity contribution in [2.45, 2.75) is 62.9 Å². The molecule has 2 amide bonds. The van der Waals surface area contributed by atoms with E-state index in [4.69, 9.17) is 0 Å². The van der Waals surface area contributed by atoms with Crippen LogP contribution in [0.2, 0.25) is 0 Å². The van der Waals surface area contributed by atoms with Crippen molar-refractivity contribution in [1.29, 1.82) is 0 Å². The van der Waals surface area contributed by atoms with Crippen molar-refractivity contribution in [3.63, 3.8) is 0 Å². The lowest BCUT2D eigenvalue weighted by Gasteiger charge is -2.42. The van der Waals surface area contributed by atoms with Crippen LogP contribution in [0, 0.1) is 0 Å². The van der Waals surface area contributed by atoms with Crippen LogP contribution in [0.1, 0.15) is 51.4 Å². The van der Waals surface area contributed by atoms with E-state index in [2.05, 4.69) is 5.32 Å². The van der Waals surface area contributed by atoms with Crippen LogP contribution >= 0.6 is 0 Å². The Balaban J connectivity index is 1.83. The minimum atomic E-state index is -0.530. The monoisotopic (exact) mass is 236 g/mol. The second-order valence-corrected chi connectivity index (χ2v) is 5.71. The summed E-state index contributed by atoms with van der Waals surface area (Å²) in [5.41, 5.74) is -0.530. The first-order valence-electron chi connectivity index (χ1n) is 6.83. The van der Waals surface area contributed by atoms with Gasteiger partial charge in [-0.05, 0) is 25.7 Å². The maximum absolute atomic E-state index is 12.6. The van der Waals surface area contributed by atoms with Crippen molar-refractivity contribution in [2.75, 3.05) is 6.54 Å². The summed E-state index contributed by atoms with van der Waals surface area (Å²) in [4.78, 5) is 26.3. The predicted molar refractivity (Wildman–Crippen MR) is 63.3 cm³/mol. The zero-order valence-electron chi connectivity index (χ0n) is 10.2. The molecule has 4 heteroatoms. The Hall–Kier alpha value is -1.06. The molecule has 0 aromatic rings. The summed E-state index contributed by atoms with van der Waals surface area (Å²) in [7, 11) is 0. The van der Waals surface area contributed by atoms with Crippen molar-refractivity contribution in [1.82, 2.24) is 10.2 Å². The molecule has 0 unspecified atom stereocenters. The molecular formula is C13H20N2O2. The highest BCUT2D eigenvalue weighted by molar-refractivity contribution is 5.98. The SMILES string of the molecule is O=C1CN(C2CCCC2)C(=O)C2(CCCC2)N1. The van der Waals surface area contributed by atoms with Gasteiger partial charge in [0.2, 0.25) is 11.8 Å². The molecule has 3 aliphatic rings. The topological polar surface area (TPSA) is 49.4 Å². The highest BCUT2D eigenvalue weighted by atomic mass is 16.2. The Morgan fingerprint density at radius 1 is 1.06 bits per heavy atom. The molecule has 0 radical (unpaired) electrons. The van der Waals surface area contributed by atoms with E-state index in [0.717, 1.165) is 38.5 Å².